The molecule has 0 amide bonds. The van der Waals surface area contributed by atoms with Gasteiger partial charge in [-0.1, -0.05) is 18.2 Å². The summed E-state index contributed by atoms with van der Waals surface area (Å²) in [4.78, 5) is 2.21. The predicted molar refractivity (Wildman–Crippen MR) is 74.7 cm³/mol. The van der Waals surface area contributed by atoms with Crippen LogP contribution in [-0.2, 0) is 4.74 Å². The Bertz CT molecular complexity index is 382. The van der Waals surface area contributed by atoms with Crippen LogP contribution >= 0.6 is 0 Å². The Balaban J connectivity index is 1.81. The van der Waals surface area contributed by atoms with E-state index in [1.54, 1.807) is 0 Å². The van der Waals surface area contributed by atoms with Gasteiger partial charge in [0.25, 0.3) is 0 Å². The van der Waals surface area contributed by atoms with E-state index < -0.39 is 6.10 Å². The maximum Gasteiger partial charge on any atom is 0.125 e. The molecule has 0 spiro atoms. The van der Waals surface area contributed by atoms with Gasteiger partial charge in [0.2, 0.25) is 0 Å². The van der Waals surface area contributed by atoms with Crippen molar-refractivity contribution in [2.24, 2.45) is 0 Å². The number of rotatable bonds is 5. The maximum absolute atomic E-state index is 10.0. The van der Waals surface area contributed by atoms with E-state index in [0.29, 0.717) is 13.2 Å². The van der Waals surface area contributed by atoms with Crippen molar-refractivity contribution in [3.8, 4) is 5.75 Å². The van der Waals surface area contributed by atoms with Gasteiger partial charge in [0.05, 0.1) is 13.2 Å². The molecule has 1 heterocycles. The zero-order valence-corrected chi connectivity index (χ0v) is 11.8. The van der Waals surface area contributed by atoms with Gasteiger partial charge in [-0.2, -0.15) is 0 Å². The standard InChI is InChI=1S/C15H23NO3/c1-12-4-3-5-13(2)15(12)19-11-14(17)10-16-6-8-18-9-7-16/h3-5,14,17H,6-11H2,1-2H3/t14-/m1/s1. The number of morpholine rings is 1. The van der Waals surface area contributed by atoms with E-state index in [2.05, 4.69) is 4.90 Å². The lowest BCUT2D eigenvalue weighted by molar-refractivity contribution is 0.00454. The normalized spacial score (nSPS) is 18.3. The summed E-state index contributed by atoms with van der Waals surface area (Å²) in [5.74, 6) is 0.892. The SMILES string of the molecule is Cc1cccc(C)c1OC[C@H](O)CN1CCOCC1. The Morgan fingerprint density at radius 1 is 1.26 bits per heavy atom. The van der Waals surface area contributed by atoms with Gasteiger partial charge in [-0.3, -0.25) is 4.90 Å². The molecular formula is C15H23NO3. The molecule has 0 aromatic heterocycles. The fourth-order valence-electron chi connectivity index (χ4n) is 2.34. The molecule has 1 aromatic carbocycles. The summed E-state index contributed by atoms with van der Waals surface area (Å²) in [7, 11) is 0. The first-order valence-corrected chi connectivity index (χ1v) is 6.84. The van der Waals surface area contributed by atoms with Crippen molar-refractivity contribution in [2.75, 3.05) is 39.5 Å². The van der Waals surface area contributed by atoms with Crippen LogP contribution in [0.2, 0.25) is 0 Å². The number of aryl methyl sites for hydroxylation is 2. The zero-order valence-electron chi connectivity index (χ0n) is 11.8. The third-order valence-electron chi connectivity index (χ3n) is 3.40. The summed E-state index contributed by atoms with van der Waals surface area (Å²) in [5.41, 5.74) is 2.22. The van der Waals surface area contributed by atoms with E-state index in [4.69, 9.17) is 9.47 Å². The summed E-state index contributed by atoms with van der Waals surface area (Å²) >= 11 is 0. The topological polar surface area (TPSA) is 41.9 Å². The highest BCUT2D eigenvalue weighted by Gasteiger charge is 2.15. The van der Waals surface area contributed by atoms with Crippen LogP contribution in [0.25, 0.3) is 0 Å². The molecule has 4 nitrogen and oxygen atoms in total. The van der Waals surface area contributed by atoms with Crippen molar-refractivity contribution in [1.82, 2.24) is 4.90 Å². The third kappa shape index (κ3) is 4.20. The van der Waals surface area contributed by atoms with E-state index in [1.807, 2.05) is 32.0 Å². The predicted octanol–water partition coefficient (Wildman–Crippen LogP) is 1.38. The Hall–Kier alpha value is -1.10. The minimum atomic E-state index is -0.461. The van der Waals surface area contributed by atoms with Crippen LogP contribution < -0.4 is 4.74 Å². The Morgan fingerprint density at radius 3 is 2.53 bits per heavy atom. The van der Waals surface area contributed by atoms with Crippen molar-refractivity contribution in [1.29, 1.82) is 0 Å². The first-order chi connectivity index (χ1) is 9.16. The first-order valence-electron chi connectivity index (χ1n) is 6.84. The number of ether oxygens (including phenoxy) is 2. The fraction of sp³-hybridized carbons (Fsp3) is 0.600. The highest BCUT2D eigenvalue weighted by atomic mass is 16.5. The van der Waals surface area contributed by atoms with Gasteiger partial charge in [-0.05, 0) is 25.0 Å². The number of β-amino-alcohol motifs (C(OH)–C–C–N with tert-alkyl or cyclic N) is 1. The van der Waals surface area contributed by atoms with Crippen molar-refractivity contribution in [3.05, 3.63) is 29.3 Å². The van der Waals surface area contributed by atoms with Gasteiger partial charge >= 0.3 is 0 Å². The van der Waals surface area contributed by atoms with Gasteiger partial charge < -0.3 is 14.6 Å². The Labute approximate surface area is 114 Å². The van der Waals surface area contributed by atoms with Crippen LogP contribution in [0.3, 0.4) is 0 Å². The quantitative estimate of drug-likeness (QED) is 0.873. The van der Waals surface area contributed by atoms with Gasteiger partial charge in [0.15, 0.2) is 0 Å². The molecule has 1 fully saturated rings. The molecule has 19 heavy (non-hydrogen) atoms. The lowest BCUT2D eigenvalue weighted by Crippen LogP contribution is -2.42. The highest BCUT2D eigenvalue weighted by Crippen LogP contribution is 2.22. The third-order valence-corrected chi connectivity index (χ3v) is 3.40. The smallest absolute Gasteiger partial charge is 0.125 e. The second-order valence-corrected chi connectivity index (χ2v) is 5.10. The van der Waals surface area contributed by atoms with E-state index in [1.165, 1.54) is 0 Å². The van der Waals surface area contributed by atoms with Crippen LogP contribution in [-0.4, -0.2) is 55.6 Å². The van der Waals surface area contributed by atoms with Crippen molar-refractivity contribution in [3.63, 3.8) is 0 Å². The van der Waals surface area contributed by atoms with E-state index in [-0.39, 0.29) is 0 Å². The molecule has 1 N–H and O–H groups in total. The molecule has 0 saturated carbocycles. The van der Waals surface area contributed by atoms with Crippen LogP contribution in [0, 0.1) is 13.8 Å². The number of aliphatic hydroxyl groups excluding tert-OH is 1. The lowest BCUT2D eigenvalue weighted by Gasteiger charge is -2.28. The van der Waals surface area contributed by atoms with E-state index >= 15 is 0 Å². The van der Waals surface area contributed by atoms with Crippen LogP contribution in [0.5, 0.6) is 5.75 Å². The zero-order chi connectivity index (χ0) is 13.7. The second-order valence-electron chi connectivity index (χ2n) is 5.10. The molecule has 1 saturated heterocycles. The molecule has 0 aliphatic carbocycles. The molecule has 4 heteroatoms. The molecular weight excluding hydrogens is 242 g/mol. The summed E-state index contributed by atoms with van der Waals surface area (Å²) in [6, 6.07) is 6.06. The minimum Gasteiger partial charge on any atom is -0.490 e. The number of para-hydroxylation sites is 1. The Morgan fingerprint density at radius 2 is 1.89 bits per heavy atom. The number of hydrogen-bond acceptors (Lipinski definition) is 4. The molecule has 106 valence electrons. The molecule has 0 bridgehead atoms. The number of benzene rings is 1. The highest BCUT2D eigenvalue weighted by molar-refractivity contribution is 5.39. The molecule has 2 rings (SSSR count). The largest absolute Gasteiger partial charge is 0.490 e. The number of nitrogens with zero attached hydrogens (tertiary/aromatic N) is 1. The van der Waals surface area contributed by atoms with Crippen LogP contribution in [0.4, 0.5) is 0 Å². The van der Waals surface area contributed by atoms with Crippen LogP contribution in [0.1, 0.15) is 11.1 Å². The van der Waals surface area contributed by atoms with E-state index in [9.17, 15) is 5.11 Å². The van der Waals surface area contributed by atoms with Gasteiger partial charge in [-0.25, -0.2) is 0 Å². The van der Waals surface area contributed by atoms with Crippen molar-refractivity contribution < 1.29 is 14.6 Å². The summed E-state index contributed by atoms with van der Waals surface area (Å²) in [6.07, 6.45) is -0.461. The molecule has 1 atom stereocenters. The first kappa shape index (κ1) is 14.3. The lowest BCUT2D eigenvalue weighted by atomic mass is 10.1. The maximum atomic E-state index is 10.0. The fourth-order valence-corrected chi connectivity index (χ4v) is 2.34. The van der Waals surface area contributed by atoms with Crippen LogP contribution in [0.15, 0.2) is 18.2 Å². The molecule has 1 aliphatic rings. The van der Waals surface area contributed by atoms with Gasteiger partial charge in [-0.15, -0.1) is 0 Å². The second kappa shape index (κ2) is 6.89. The van der Waals surface area contributed by atoms with E-state index in [0.717, 1.165) is 43.2 Å². The van der Waals surface area contributed by atoms with Gasteiger partial charge in [0.1, 0.15) is 18.5 Å². The van der Waals surface area contributed by atoms with Crippen molar-refractivity contribution in [2.45, 2.75) is 20.0 Å². The molecule has 1 aliphatic heterocycles. The summed E-state index contributed by atoms with van der Waals surface area (Å²) in [5, 5.41) is 10.0. The number of hydrogen-bond donors (Lipinski definition) is 1. The average molecular weight is 265 g/mol. The van der Waals surface area contributed by atoms with Crippen molar-refractivity contribution >= 4 is 0 Å². The Kier molecular flexibility index (Phi) is 5.19. The molecule has 0 radical (unpaired) electrons. The average Bonchev–Trinajstić information content (AvgIpc) is 2.39. The minimum absolute atomic E-state index is 0.336. The van der Waals surface area contributed by atoms with Gasteiger partial charge in [0, 0.05) is 19.6 Å². The monoisotopic (exact) mass is 265 g/mol. The molecule has 0 unspecified atom stereocenters. The summed E-state index contributed by atoms with van der Waals surface area (Å²) < 4.78 is 11.1. The summed E-state index contributed by atoms with van der Waals surface area (Å²) in [6.45, 7) is 8.32. The molecule has 1 aromatic rings. The number of aliphatic hydroxyl groups is 1.